The molecule has 0 amide bonds. The highest BCUT2D eigenvalue weighted by Gasteiger charge is 2.38. The first kappa shape index (κ1) is 23.0. The molecule has 0 N–H and O–H groups in total. The van der Waals surface area contributed by atoms with E-state index >= 15 is 0 Å². The first-order valence-electron chi connectivity index (χ1n) is 9.06. The summed E-state index contributed by atoms with van der Waals surface area (Å²) < 4.78 is 22.5. The highest BCUT2D eigenvalue weighted by atomic mass is 16.9. The van der Waals surface area contributed by atoms with E-state index in [1.165, 1.54) is 6.92 Å². The van der Waals surface area contributed by atoms with E-state index in [0.29, 0.717) is 19.8 Å². The molecule has 6 nitrogen and oxygen atoms in total. The molecule has 0 unspecified atom stereocenters. The molecule has 0 aliphatic rings. The van der Waals surface area contributed by atoms with E-state index in [2.05, 4.69) is 6.92 Å². The normalized spacial score (nSPS) is 11.5. The van der Waals surface area contributed by atoms with E-state index in [9.17, 15) is 9.59 Å². The van der Waals surface area contributed by atoms with Crippen molar-refractivity contribution in [2.75, 3.05) is 26.4 Å². The average Bonchev–Trinajstić information content (AvgIpc) is 2.51. The number of hydrogen-bond acceptors (Lipinski definition) is 6. The molecule has 0 aromatic heterocycles. The molecule has 0 aromatic carbocycles. The molecule has 0 aromatic rings. The lowest BCUT2D eigenvalue weighted by Crippen LogP contribution is -2.46. The molecule has 0 radical (unpaired) electrons. The zero-order valence-electron chi connectivity index (χ0n) is 15.7. The maximum absolute atomic E-state index is 12.0. The van der Waals surface area contributed by atoms with Crippen LogP contribution in [0, 0.1) is 0 Å². The zero-order valence-corrected chi connectivity index (χ0v) is 15.7. The van der Waals surface area contributed by atoms with E-state index in [4.69, 9.17) is 18.9 Å². The molecule has 0 atom stereocenters. The number of hydrogen-bond donors (Lipinski definition) is 0. The van der Waals surface area contributed by atoms with Gasteiger partial charge in [0.2, 0.25) is 0 Å². The van der Waals surface area contributed by atoms with Crippen LogP contribution in [0.15, 0.2) is 0 Å². The van der Waals surface area contributed by atoms with Crippen molar-refractivity contribution in [3.63, 3.8) is 0 Å². The lowest BCUT2D eigenvalue weighted by molar-refractivity contribution is -0.377. The van der Waals surface area contributed by atoms with Crippen LogP contribution >= 0.6 is 0 Å². The standard InChI is InChI=1S/C18H34O6/c1-5-8-11-21-15-18(22-12-9-6-2,23-13-10-7-3)24-17(20)14-16(4)19/h5-15H2,1-4H3. The van der Waals surface area contributed by atoms with E-state index in [1.54, 1.807) is 0 Å². The lowest BCUT2D eigenvalue weighted by atomic mass is 10.3. The van der Waals surface area contributed by atoms with Gasteiger partial charge in [-0.05, 0) is 26.2 Å². The molecule has 0 spiro atoms. The summed E-state index contributed by atoms with van der Waals surface area (Å²) in [4.78, 5) is 23.1. The van der Waals surface area contributed by atoms with Crippen molar-refractivity contribution < 1.29 is 28.5 Å². The van der Waals surface area contributed by atoms with Crippen molar-refractivity contribution in [3.8, 4) is 0 Å². The molecular formula is C18H34O6. The summed E-state index contributed by atoms with van der Waals surface area (Å²) in [6.07, 6.45) is 5.14. The molecule has 0 aliphatic heterocycles. The van der Waals surface area contributed by atoms with Gasteiger partial charge < -0.3 is 18.9 Å². The van der Waals surface area contributed by atoms with E-state index in [1.807, 2.05) is 13.8 Å². The molecule has 0 saturated carbocycles. The van der Waals surface area contributed by atoms with Crippen LogP contribution in [-0.4, -0.2) is 44.2 Å². The van der Waals surface area contributed by atoms with Crippen molar-refractivity contribution >= 4 is 11.8 Å². The van der Waals surface area contributed by atoms with Crippen LogP contribution in [0.3, 0.4) is 0 Å². The SMILES string of the molecule is CCCCOCC(OCCCC)(OCCCC)OC(=O)CC(C)=O. The predicted molar refractivity (Wildman–Crippen MR) is 91.6 cm³/mol. The third kappa shape index (κ3) is 11.5. The van der Waals surface area contributed by atoms with Gasteiger partial charge in [-0.25, -0.2) is 0 Å². The summed E-state index contributed by atoms with van der Waals surface area (Å²) in [7, 11) is 0. The summed E-state index contributed by atoms with van der Waals surface area (Å²) in [6, 6.07) is 0. The molecule has 0 bridgehead atoms. The molecule has 0 rings (SSSR count). The Morgan fingerprint density at radius 1 is 0.833 bits per heavy atom. The van der Waals surface area contributed by atoms with Crippen LogP contribution in [0.4, 0.5) is 0 Å². The fourth-order valence-electron chi connectivity index (χ4n) is 1.81. The Labute approximate surface area is 146 Å². The van der Waals surface area contributed by atoms with Crippen molar-refractivity contribution in [2.24, 2.45) is 0 Å². The fraction of sp³-hybridized carbons (Fsp3) is 0.889. The van der Waals surface area contributed by atoms with Crippen LogP contribution in [0.5, 0.6) is 0 Å². The summed E-state index contributed by atoms with van der Waals surface area (Å²) in [6.45, 7) is 8.83. The summed E-state index contributed by atoms with van der Waals surface area (Å²) in [5.41, 5.74) is 0. The number of carbonyl (C=O) groups excluding carboxylic acids is 2. The highest BCUT2D eigenvalue weighted by molar-refractivity contribution is 5.94. The van der Waals surface area contributed by atoms with Gasteiger partial charge in [0.25, 0.3) is 0 Å². The molecule has 142 valence electrons. The van der Waals surface area contributed by atoms with E-state index < -0.39 is 11.9 Å². The number of unbranched alkanes of at least 4 members (excludes halogenated alkanes) is 3. The van der Waals surface area contributed by atoms with Gasteiger partial charge in [-0.3, -0.25) is 9.59 Å². The first-order valence-corrected chi connectivity index (χ1v) is 9.06. The second kappa shape index (κ2) is 14.4. The molecule has 6 heteroatoms. The Hall–Kier alpha value is -0.980. The third-order valence-corrected chi connectivity index (χ3v) is 3.22. The molecule has 0 heterocycles. The maximum Gasteiger partial charge on any atom is 0.354 e. The molecule has 0 fully saturated rings. The first-order chi connectivity index (χ1) is 11.5. The number of Topliss-reactive ketones (excluding diaryl/α,β-unsaturated/α-hetero) is 1. The number of carbonyl (C=O) groups is 2. The Balaban J connectivity index is 4.91. The Kier molecular flexibility index (Phi) is 13.8. The molecule has 0 saturated heterocycles. The second-order valence-electron chi connectivity index (χ2n) is 5.85. The van der Waals surface area contributed by atoms with Gasteiger partial charge in [0.1, 0.15) is 18.8 Å². The molecule has 0 aliphatic carbocycles. The predicted octanol–water partition coefficient (Wildman–Crippen LogP) is 3.61. The van der Waals surface area contributed by atoms with Crippen molar-refractivity contribution in [1.82, 2.24) is 0 Å². The largest absolute Gasteiger partial charge is 0.405 e. The smallest absolute Gasteiger partial charge is 0.354 e. The summed E-state index contributed by atoms with van der Waals surface area (Å²) in [5, 5.41) is 0. The highest BCUT2D eigenvalue weighted by Crippen LogP contribution is 2.20. The minimum Gasteiger partial charge on any atom is -0.405 e. The van der Waals surface area contributed by atoms with E-state index in [-0.39, 0.29) is 18.8 Å². The van der Waals surface area contributed by atoms with Crippen molar-refractivity contribution in [3.05, 3.63) is 0 Å². The van der Waals surface area contributed by atoms with Crippen molar-refractivity contribution in [2.45, 2.75) is 78.6 Å². The lowest BCUT2D eigenvalue weighted by Gasteiger charge is -2.32. The number of esters is 1. The van der Waals surface area contributed by atoms with Crippen LogP contribution in [0.25, 0.3) is 0 Å². The summed E-state index contributed by atoms with van der Waals surface area (Å²) >= 11 is 0. The minimum atomic E-state index is -1.56. The Morgan fingerprint density at radius 2 is 1.33 bits per heavy atom. The van der Waals surface area contributed by atoms with E-state index in [0.717, 1.165) is 38.5 Å². The minimum absolute atomic E-state index is 0.00404. The van der Waals surface area contributed by atoms with Crippen LogP contribution in [0.2, 0.25) is 0 Å². The van der Waals surface area contributed by atoms with Gasteiger partial charge in [-0.15, -0.1) is 0 Å². The molecule has 24 heavy (non-hydrogen) atoms. The number of ether oxygens (including phenoxy) is 4. The quantitative estimate of drug-likeness (QED) is 0.184. The van der Waals surface area contributed by atoms with Gasteiger partial charge in [0, 0.05) is 6.61 Å². The topological polar surface area (TPSA) is 71.1 Å². The van der Waals surface area contributed by atoms with Crippen LogP contribution in [0.1, 0.15) is 72.6 Å². The maximum atomic E-state index is 12.0. The average molecular weight is 346 g/mol. The van der Waals surface area contributed by atoms with Crippen LogP contribution < -0.4 is 0 Å². The van der Waals surface area contributed by atoms with Gasteiger partial charge in [0.05, 0.1) is 13.2 Å². The van der Waals surface area contributed by atoms with Gasteiger partial charge in [-0.2, -0.15) is 0 Å². The monoisotopic (exact) mass is 346 g/mol. The van der Waals surface area contributed by atoms with Crippen LogP contribution in [-0.2, 0) is 28.5 Å². The Bertz CT molecular complexity index is 332. The second-order valence-corrected chi connectivity index (χ2v) is 5.85. The number of rotatable bonds is 16. The van der Waals surface area contributed by atoms with Gasteiger partial charge in [0.15, 0.2) is 0 Å². The molecular weight excluding hydrogens is 312 g/mol. The zero-order chi connectivity index (χ0) is 18.3. The van der Waals surface area contributed by atoms with Gasteiger partial charge in [-0.1, -0.05) is 40.0 Å². The van der Waals surface area contributed by atoms with Gasteiger partial charge >= 0.3 is 11.9 Å². The third-order valence-electron chi connectivity index (χ3n) is 3.22. The fourth-order valence-corrected chi connectivity index (χ4v) is 1.81. The van der Waals surface area contributed by atoms with Crippen molar-refractivity contribution in [1.29, 1.82) is 0 Å². The Morgan fingerprint density at radius 3 is 1.79 bits per heavy atom. The number of ketones is 1. The summed E-state index contributed by atoms with van der Waals surface area (Å²) in [5.74, 6) is -2.48.